The molecule has 0 aromatic rings. The lowest BCUT2D eigenvalue weighted by Crippen LogP contribution is -2.56. The molecule has 0 heterocycles. The van der Waals surface area contributed by atoms with Gasteiger partial charge in [0.25, 0.3) is 0 Å². The lowest BCUT2D eigenvalue weighted by Gasteiger charge is -2.35. The Morgan fingerprint density at radius 2 is 1.89 bits per heavy atom. The maximum absolute atomic E-state index is 12.1. The second-order valence-corrected chi connectivity index (χ2v) is 5.01. The Labute approximate surface area is 115 Å². The van der Waals surface area contributed by atoms with Crippen molar-refractivity contribution in [1.82, 2.24) is 5.32 Å². The summed E-state index contributed by atoms with van der Waals surface area (Å²) in [5, 5.41) is 2.91. The molecule has 1 N–H and O–H groups in total. The van der Waals surface area contributed by atoms with Crippen LogP contribution in [0.4, 0.5) is 0 Å². The summed E-state index contributed by atoms with van der Waals surface area (Å²) in [5.74, 6) is -0.373. The molecule has 0 atom stereocenters. The maximum atomic E-state index is 12.1. The topological polar surface area (TPSA) is 64.6 Å². The molecular weight excluding hydrogens is 246 g/mol. The molecule has 1 aliphatic carbocycles. The van der Waals surface area contributed by atoms with E-state index >= 15 is 0 Å². The zero-order valence-corrected chi connectivity index (χ0v) is 12.0. The molecule has 1 rings (SSSR count). The van der Waals surface area contributed by atoms with Crippen molar-refractivity contribution in [1.29, 1.82) is 0 Å². The fourth-order valence-electron chi connectivity index (χ4n) is 2.51. The van der Waals surface area contributed by atoms with Crippen LogP contribution in [0, 0.1) is 0 Å². The van der Waals surface area contributed by atoms with Crippen molar-refractivity contribution in [2.24, 2.45) is 0 Å². The second kappa shape index (κ2) is 8.15. The summed E-state index contributed by atoms with van der Waals surface area (Å²) < 4.78 is 10.1. The van der Waals surface area contributed by atoms with Crippen LogP contribution in [0.2, 0.25) is 0 Å². The van der Waals surface area contributed by atoms with E-state index in [1.807, 2.05) is 0 Å². The zero-order valence-electron chi connectivity index (χ0n) is 12.0. The number of nitrogens with one attached hydrogen (secondary N) is 1. The minimum atomic E-state index is -0.793. The summed E-state index contributed by atoms with van der Waals surface area (Å²) in [6.07, 6.45) is 5.44. The second-order valence-electron chi connectivity index (χ2n) is 5.01. The fourth-order valence-corrected chi connectivity index (χ4v) is 2.51. The Balaban J connectivity index is 2.58. The molecule has 110 valence electrons. The summed E-state index contributed by atoms with van der Waals surface area (Å²) >= 11 is 0. The predicted octanol–water partition coefficient (Wildman–Crippen LogP) is 1.80. The number of hydrogen-bond acceptors (Lipinski definition) is 4. The van der Waals surface area contributed by atoms with Gasteiger partial charge in [0.1, 0.15) is 5.54 Å². The van der Waals surface area contributed by atoms with Gasteiger partial charge in [-0.3, -0.25) is 4.79 Å². The Bertz CT molecular complexity index is 298. The smallest absolute Gasteiger partial charge is 0.331 e. The van der Waals surface area contributed by atoms with Crippen LogP contribution in [0.3, 0.4) is 0 Å². The van der Waals surface area contributed by atoms with Crippen molar-refractivity contribution in [3.8, 4) is 0 Å². The van der Waals surface area contributed by atoms with Gasteiger partial charge >= 0.3 is 5.97 Å². The first-order valence-corrected chi connectivity index (χ1v) is 7.12. The van der Waals surface area contributed by atoms with E-state index in [0.717, 1.165) is 19.3 Å². The summed E-state index contributed by atoms with van der Waals surface area (Å²) in [4.78, 5) is 24.0. The van der Waals surface area contributed by atoms with Crippen molar-refractivity contribution >= 4 is 11.9 Å². The van der Waals surface area contributed by atoms with Crippen LogP contribution < -0.4 is 5.32 Å². The van der Waals surface area contributed by atoms with Crippen LogP contribution in [0.1, 0.15) is 51.9 Å². The Kier molecular flexibility index (Phi) is 6.84. The summed E-state index contributed by atoms with van der Waals surface area (Å²) in [5.41, 5.74) is -0.793. The number of ether oxygens (including phenoxy) is 2. The van der Waals surface area contributed by atoms with Gasteiger partial charge < -0.3 is 14.8 Å². The molecule has 5 heteroatoms. The molecule has 1 fully saturated rings. The number of carbonyl (C=O) groups excluding carboxylic acids is 2. The highest BCUT2D eigenvalue weighted by atomic mass is 16.5. The van der Waals surface area contributed by atoms with E-state index in [4.69, 9.17) is 9.47 Å². The van der Waals surface area contributed by atoms with Crippen LogP contribution in [0.15, 0.2) is 0 Å². The molecule has 0 aromatic heterocycles. The molecule has 19 heavy (non-hydrogen) atoms. The normalized spacial score (nSPS) is 17.8. The van der Waals surface area contributed by atoms with E-state index in [9.17, 15) is 9.59 Å². The Morgan fingerprint density at radius 3 is 2.47 bits per heavy atom. The van der Waals surface area contributed by atoms with Gasteiger partial charge in [0.2, 0.25) is 5.91 Å². The standard InChI is InChI=1S/C14H25NO4/c1-3-19-13(17)14(9-5-4-6-10-14)15-12(16)8-7-11-18-2/h3-11H2,1-2H3,(H,15,16). The van der Waals surface area contributed by atoms with Crippen LogP contribution >= 0.6 is 0 Å². The predicted molar refractivity (Wildman–Crippen MR) is 71.7 cm³/mol. The molecule has 5 nitrogen and oxygen atoms in total. The first kappa shape index (κ1) is 16.0. The molecule has 0 radical (unpaired) electrons. The third kappa shape index (κ3) is 4.82. The highest BCUT2D eigenvalue weighted by molar-refractivity contribution is 5.88. The fraction of sp³-hybridized carbons (Fsp3) is 0.857. The number of rotatable bonds is 7. The van der Waals surface area contributed by atoms with E-state index in [-0.39, 0.29) is 11.9 Å². The van der Waals surface area contributed by atoms with Gasteiger partial charge in [0, 0.05) is 20.1 Å². The average molecular weight is 271 g/mol. The van der Waals surface area contributed by atoms with Crippen LogP contribution in [-0.2, 0) is 19.1 Å². The van der Waals surface area contributed by atoms with Gasteiger partial charge in [-0.1, -0.05) is 19.3 Å². The third-order valence-electron chi connectivity index (χ3n) is 3.50. The molecule has 1 aliphatic rings. The average Bonchev–Trinajstić information content (AvgIpc) is 2.40. The highest BCUT2D eigenvalue weighted by Crippen LogP contribution is 2.29. The van der Waals surface area contributed by atoms with Crippen molar-refractivity contribution < 1.29 is 19.1 Å². The molecule has 0 saturated heterocycles. The van der Waals surface area contributed by atoms with Crippen molar-refractivity contribution in [2.45, 2.75) is 57.4 Å². The summed E-state index contributed by atoms with van der Waals surface area (Å²) in [6.45, 7) is 2.69. The van der Waals surface area contributed by atoms with Gasteiger partial charge in [0.05, 0.1) is 6.61 Å². The molecule has 0 bridgehead atoms. The molecule has 0 aliphatic heterocycles. The van der Waals surface area contributed by atoms with Gasteiger partial charge in [-0.25, -0.2) is 4.79 Å². The monoisotopic (exact) mass is 271 g/mol. The van der Waals surface area contributed by atoms with E-state index in [1.54, 1.807) is 14.0 Å². The molecular formula is C14H25NO4. The largest absolute Gasteiger partial charge is 0.464 e. The number of esters is 1. The van der Waals surface area contributed by atoms with Crippen molar-refractivity contribution in [3.05, 3.63) is 0 Å². The summed E-state index contributed by atoms with van der Waals surface area (Å²) in [6, 6.07) is 0. The van der Waals surface area contributed by atoms with E-state index in [0.29, 0.717) is 38.9 Å². The Hall–Kier alpha value is -1.10. The van der Waals surface area contributed by atoms with Gasteiger partial charge in [0.15, 0.2) is 0 Å². The first-order chi connectivity index (χ1) is 9.14. The minimum Gasteiger partial charge on any atom is -0.464 e. The number of amides is 1. The first-order valence-electron chi connectivity index (χ1n) is 7.12. The van der Waals surface area contributed by atoms with E-state index in [1.165, 1.54) is 0 Å². The molecule has 0 spiro atoms. The molecule has 0 aromatic carbocycles. The van der Waals surface area contributed by atoms with Gasteiger partial charge in [-0.2, -0.15) is 0 Å². The zero-order chi connectivity index (χ0) is 14.1. The third-order valence-corrected chi connectivity index (χ3v) is 3.50. The molecule has 1 amide bonds. The number of hydrogen-bond donors (Lipinski definition) is 1. The lowest BCUT2D eigenvalue weighted by atomic mass is 9.81. The van der Waals surface area contributed by atoms with E-state index in [2.05, 4.69) is 5.32 Å². The summed E-state index contributed by atoms with van der Waals surface area (Å²) in [7, 11) is 1.61. The van der Waals surface area contributed by atoms with E-state index < -0.39 is 5.54 Å². The van der Waals surface area contributed by atoms with Crippen molar-refractivity contribution in [2.75, 3.05) is 20.3 Å². The molecule has 0 unspecified atom stereocenters. The number of methoxy groups -OCH3 is 1. The minimum absolute atomic E-state index is 0.0907. The highest BCUT2D eigenvalue weighted by Gasteiger charge is 2.41. The van der Waals surface area contributed by atoms with Gasteiger partial charge in [-0.05, 0) is 26.2 Å². The SMILES string of the molecule is CCOC(=O)C1(NC(=O)CCCOC)CCCCC1. The van der Waals surface area contributed by atoms with Crippen LogP contribution in [0.5, 0.6) is 0 Å². The van der Waals surface area contributed by atoms with Crippen LogP contribution in [-0.4, -0.2) is 37.7 Å². The quantitative estimate of drug-likeness (QED) is 0.566. The van der Waals surface area contributed by atoms with Crippen molar-refractivity contribution in [3.63, 3.8) is 0 Å². The maximum Gasteiger partial charge on any atom is 0.331 e. The molecule has 1 saturated carbocycles. The lowest BCUT2D eigenvalue weighted by molar-refractivity contribution is -0.155. The number of carbonyl (C=O) groups is 2. The van der Waals surface area contributed by atoms with Gasteiger partial charge in [-0.15, -0.1) is 0 Å². The van der Waals surface area contributed by atoms with Crippen LogP contribution in [0.25, 0.3) is 0 Å². The Morgan fingerprint density at radius 1 is 1.21 bits per heavy atom.